The van der Waals surface area contributed by atoms with E-state index in [-0.39, 0.29) is 11.5 Å². The van der Waals surface area contributed by atoms with Crippen LogP contribution in [0.25, 0.3) is 0 Å². The number of hydrogen-bond donors (Lipinski definition) is 1. The molecule has 0 radical (unpaired) electrons. The highest BCUT2D eigenvalue weighted by molar-refractivity contribution is 7.17. The van der Waals surface area contributed by atoms with Crippen LogP contribution in [-0.4, -0.2) is 49.5 Å². The van der Waals surface area contributed by atoms with Gasteiger partial charge in [0.2, 0.25) is 0 Å². The minimum atomic E-state index is -0.956. The Morgan fingerprint density at radius 2 is 2.00 bits per heavy atom. The fourth-order valence-electron chi connectivity index (χ4n) is 2.22. The van der Waals surface area contributed by atoms with Gasteiger partial charge in [-0.1, -0.05) is 25.2 Å². The lowest BCUT2D eigenvalue weighted by atomic mass is 10.1. The first kappa shape index (κ1) is 17.9. The van der Waals surface area contributed by atoms with Crippen LogP contribution in [0.5, 0.6) is 0 Å². The molecule has 0 saturated heterocycles. The van der Waals surface area contributed by atoms with Crippen molar-refractivity contribution in [2.75, 3.05) is 32.3 Å². The number of aromatic nitrogens is 1. The Morgan fingerprint density at radius 1 is 1.33 bits per heavy atom. The molecule has 0 fully saturated rings. The minimum Gasteiger partial charge on any atom is -0.477 e. The van der Waals surface area contributed by atoms with E-state index in [9.17, 15) is 9.90 Å². The Hall–Kier alpha value is -1.18. The maximum absolute atomic E-state index is 11.3. The number of anilines is 1. The molecule has 1 aromatic heterocycles. The number of methoxy groups -OCH3 is 2. The predicted octanol–water partition coefficient (Wildman–Crippen LogP) is 2.63. The highest BCUT2D eigenvalue weighted by Crippen LogP contribution is 2.29. The number of hydrogen-bond acceptors (Lipinski definition) is 6. The lowest BCUT2D eigenvalue weighted by Gasteiger charge is -2.29. The second-order valence-electron chi connectivity index (χ2n) is 4.67. The van der Waals surface area contributed by atoms with Crippen molar-refractivity contribution in [2.45, 2.75) is 39.3 Å². The number of thiazole rings is 1. The Kier molecular flexibility index (Phi) is 7.63. The second kappa shape index (κ2) is 8.96. The number of carboxylic acid groups (broad SMARTS) is 1. The molecule has 0 aliphatic rings. The zero-order valence-electron chi connectivity index (χ0n) is 13.1. The number of rotatable bonds is 10. The highest BCUT2D eigenvalue weighted by atomic mass is 32.1. The van der Waals surface area contributed by atoms with Gasteiger partial charge in [-0.05, 0) is 12.8 Å². The van der Waals surface area contributed by atoms with Crippen LogP contribution in [0.4, 0.5) is 5.13 Å². The number of nitrogens with zero attached hydrogens (tertiary/aromatic N) is 2. The van der Waals surface area contributed by atoms with E-state index in [1.54, 1.807) is 7.11 Å². The van der Waals surface area contributed by atoms with Gasteiger partial charge in [-0.25, -0.2) is 9.78 Å². The molecular weight excluding hydrogens is 292 g/mol. The molecule has 0 atom stereocenters. The molecule has 0 amide bonds. The summed E-state index contributed by atoms with van der Waals surface area (Å²) in [7, 11) is 3.19. The Labute approximate surface area is 129 Å². The molecule has 120 valence electrons. The minimum absolute atomic E-state index is 0.208. The lowest BCUT2D eigenvalue weighted by Crippen LogP contribution is -2.37. The zero-order chi connectivity index (χ0) is 15.8. The van der Waals surface area contributed by atoms with Crippen LogP contribution in [0, 0.1) is 0 Å². The summed E-state index contributed by atoms with van der Waals surface area (Å²) >= 11 is 1.20. The van der Waals surface area contributed by atoms with Crippen LogP contribution >= 0.6 is 11.3 Å². The van der Waals surface area contributed by atoms with Crippen LogP contribution in [-0.2, 0) is 16.1 Å². The number of carbonyl (C=O) groups is 1. The molecule has 0 aliphatic carbocycles. The van der Waals surface area contributed by atoms with Gasteiger partial charge < -0.3 is 19.5 Å². The summed E-state index contributed by atoms with van der Waals surface area (Å²) in [6.07, 6.45) is 1.95. The van der Waals surface area contributed by atoms with Gasteiger partial charge >= 0.3 is 5.97 Å². The summed E-state index contributed by atoms with van der Waals surface area (Å²) in [5, 5.41) is 10.0. The van der Waals surface area contributed by atoms with Crippen molar-refractivity contribution in [3.63, 3.8) is 0 Å². The molecule has 1 N–H and O–H groups in total. The van der Waals surface area contributed by atoms with E-state index in [1.807, 2.05) is 0 Å². The van der Waals surface area contributed by atoms with E-state index in [4.69, 9.17) is 9.47 Å². The Morgan fingerprint density at radius 3 is 2.48 bits per heavy atom. The Balaban J connectivity index is 3.11. The van der Waals surface area contributed by atoms with Gasteiger partial charge in [-0.3, -0.25) is 0 Å². The molecule has 1 aromatic rings. The van der Waals surface area contributed by atoms with Crippen molar-refractivity contribution in [3.05, 3.63) is 10.6 Å². The molecule has 0 saturated carbocycles. The van der Waals surface area contributed by atoms with Crippen molar-refractivity contribution in [1.82, 2.24) is 4.98 Å². The molecule has 0 bridgehead atoms. The van der Waals surface area contributed by atoms with Gasteiger partial charge in [0, 0.05) is 26.8 Å². The second-order valence-corrected chi connectivity index (χ2v) is 5.64. The number of aromatic carboxylic acids is 1. The third-order valence-electron chi connectivity index (χ3n) is 3.33. The predicted molar refractivity (Wildman–Crippen MR) is 83.4 cm³/mol. The molecular formula is C14H24N2O4S. The summed E-state index contributed by atoms with van der Waals surface area (Å²) in [5.74, 6) is -0.956. The maximum Gasteiger partial charge on any atom is 0.347 e. The maximum atomic E-state index is 11.3. The van der Waals surface area contributed by atoms with Gasteiger partial charge in [0.05, 0.1) is 18.9 Å². The monoisotopic (exact) mass is 316 g/mol. The molecule has 7 heteroatoms. The molecule has 21 heavy (non-hydrogen) atoms. The fourth-order valence-corrected chi connectivity index (χ4v) is 3.22. The van der Waals surface area contributed by atoms with E-state index in [0.29, 0.717) is 24.9 Å². The van der Waals surface area contributed by atoms with E-state index in [0.717, 1.165) is 18.0 Å². The van der Waals surface area contributed by atoms with E-state index < -0.39 is 5.97 Å². The van der Waals surface area contributed by atoms with Crippen molar-refractivity contribution in [1.29, 1.82) is 0 Å². The van der Waals surface area contributed by atoms with Gasteiger partial charge in [-0.2, -0.15) is 0 Å². The molecule has 1 heterocycles. The fraction of sp³-hybridized carbons (Fsp3) is 0.714. The molecule has 0 spiro atoms. The smallest absolute Gasteiger partial charge is 0.347 e. The van der Waals surface area contributed by atoms with Crippen molar-refractivity contribution < 1.29 is 19.4 Å². The normalized spacial score (nSPS) is 11.1. The van der Waals surface area contributed by atoms with Crippen molar-refractivity contribution in [2.24, 2.45) is 0 Å². The van der Waals surface area contributed by atoms with Crippen LogP contribution in [0.15, 0.2) is 0 Å². The zero-order valence-corrected chi connectivity index (χ0v) is 13.9. The summed E-state index contributed by atoms with van der Waals surface area (Å²) in [6.45, 7) is 5.73. The number of ether oxygens (including phenoxy) is 2. The summed E-state index contributed by atoms with van der Waals surface area (Å²) < 4.78 is 10.2. The average molecular weight is 316 g/mol. The van der Waals surface area contributed by atoms with Gasteiger partial charge in [0.25, 0.3) is 0 Å². The molecule has 1 rings (SSSR count). The third-order valence-corrected chi connectivity index (χ3v) is 4.45. The first-order chi connectivity index (χ1) is 10.1. The summed E-state index contributed by atoms with van der Waals surface area (Å²) in [5.41, 5.74) is 0.485. The molecule has 0 unspecified atom stereocenters. The summed E-state index contributed by atoms with van der Waals surface area (Å²) in [6, 6.07) is 0.323. The molecule has 0 aromatic carbocycles. The third kappa shape index (κ3) is 4.66. The number of carboxylic acids is 1. The first-order valence-corrected chi connectivity index (χ1v) is 7.88. The van der Waals surface area contributed by atoms with Crippen molar-refractivity contribution in [3.8, 4) is 0 Å². The molecule has 0 aliphatic heterocycles. The van der Waals surface area contributed by atoms with Crippen LogP contribution in [0.1, 0.15) is 42.1 Å². The van der Waals surface area contributed by atoms with Crippen LogP contribution < -0.4 is 4.90 Å². The van der Waals surface area contributed by atoms with E-state index in [2.05, 4.69) is 23.7 Å². The standard InChI is InChI=1S/C14H24N2O4S/c1-5-10(6-2)16(7-8-19-3)14-15-11(9-20-4)12(21-14)13(17)18/h10H,5-9H2,1-4H3,(H,17,18). The van der Waals surface area contributed by atoms with Crippen LogP contribution in [0.3, 0.4) is 0 Å². The van der Waals surface area contributed by atoms with E-state index in [1.165, 1.54) is 18.4 Å². The SMILES string of the molecule is CCC(CC)N(CCOC)c1nc(COC)c(C(=O)O)s1. The van der Waals surface area contributed by atoms with Gasteiger partial charge in [-0.15, -0.1) is 0 Å². The quantitative estimate of drug-likeness (QED) is 0.715. The largest absolute Gasteiger partial charge is 0.477 e. The molecule has 6 nitrogen and oxygen atoms in total. The highest BCUT2D eigenvalue weighted by Gasteiger charge is 2.23. The topological polar surface area (TPSA) is 71.9 Å². The first-order valence-electron chi connectivity index (χ1n) is 7.06. The van der Waals surface area contributed by atoms with E-state index >= 15 is 0 Å². The Bertz CT molecular complexity index is 446. The van der Waals surface area contributed by atoms with Gasteiger partial charge in [0.15, 0.2) is 5.13 Å². The average Bonchev–Trinajstić information content (AvgIpc) is 2.88. The van der Waals surface area contributed by atoms with Crippen molar-refractivity contribution >= 4 is 22.4 Å². The van der Waals surface area contributed by atoms with Crippen LogP contribution in [0.2, 0.25) is 0 Å². The van der Waals surface area contributed by atoms with Gasteiger partial charge in [0.1, 0.15) is 4.88 Å². The lowest BCUT2D eigenvalue weighted by molar-refractivity contribution is 0.0697. The summed E-state index contributed by atoms with van der Waals surface area (Å²) in [4.78, 5) is 18.2.